The van der Waals surface area contributed by atoms with Crippen LogP contribution in [0.2, 0.25) is 0 Å². The first kappa shape index (κ1) is 20.9. The lowest BCUT2D eigenvalue weighted by Crippen LogP contribution is -2.48. The molecule has 1 fully saturated rings. The predicted molar refractivity (Wildman–Crippen MR) is 127 cm³/mol. The highest BCUT2D eigenvalue weighted by molar-refractivity contribution is 5.96. The number of fused-ring (bicyclic) bond motifs is 1. The molecule has 0 spiro atoms. The summed E-state index contributed by atoms with van der Waals surface area (Å²) < 4.78 is 1.86. The molecule has 0 aliphatic carbocycles. The summed E-state index contributed by atoms with van der Waals surface area (Å²) in [7, 11) is 0. The van der Waals surface area contributed by atoms with Crippen molar-refractivity contribution in [2.24, 2.45) is 0 Å². The minimum atomic E-state index is -0.0202. The number of phenolic OH excluding ortho intramolecular Hbond substituents is 1. The van der Waals surface area contributed by atoms with Gasteiger partial charge in [0.25, 0.3) is 0 Å². The smallest absolute Gasteiger partial charge is 0.240 e. The number of piperazine rings is 1. The molecule has 168 valence electrons. The molecule has 1 aromatic carbocycles. The fourth-order valence-electron chi connectivity index (χ4n) is 3.98. The van der Waals surface area contributed by atoms with E-state index in [4.69, 9.17) is 0 Å². The standard InChI is InChI=1S/C24H25N7O2/c1-15(2)18-13-27-31-9-6-16(11-21(18)31)19-5-7-26-24(28-19)29-20-4-3-17(12-22(20)32)30-10-8-25-14-23(30)33/h3-7,9,11-13,15,25,32H,8,10,14H2,1-2H3,(H,26,28,29). The molecule has 33 heavy (non-hydrogen) atoms. The number of carbonyl (C=O) groups is 1. The van der Waals surface area contributed by atoms with E-state index >= 15 is 0 Å². The number of phenols is 1. The number of pyridine rings is 1. The fourth-order valence-corrected chi connectivity index (χ4v) is 3.98. The Hall–Kier alpha value is -3.98. The van der Waals surface area contributed by atoms with Crippen LogP contribution in [0.4, 0.5) is 17.3 Å². The summed E-state index contributed by atoms with van der Waals surface area (Å²) in [6.07, 6.45) is 5.50. The first-order chi connectivity index (χ1) is 16.0. The van der Waals surface area contributed by atoms with Crippen LogP contribution in [0.5, 0.6) is 5.75 Å². The maximum absolute atomic E-state index is 12.1. The van der Waals surface area contributed by atoms with E-state index in [0.717, 1.165) is 23.3 Å². The highest BCUT2D eigenvalue weighted by atomic mass is 16.3. The topological polar surface area (TPSA) is 108 Å². The molecule has 9 nitrogen and oxygen atoms in total. The van der Waals surface area contributed by atoms with Gasteiger partial charge in [-0.2, -0.15) is 5.10 Å². The molecule has 1 aliphatic heterocycles. The van der Waals surface area contributed by atoms with Gasteiger partial charge in [-0.25, -0.2) is 14.5 Å². The van der Waals surface area contributed by atoms with E-state index in [0.29, 0.717) is 36.3 Å². The van der Waals surface area contributed by atoms with Gasteiger partial charge in [0.05, 0.1) is 29.6 Å². The van der Waals surface area contributed by atoms with Crippen molar-refractivity contribution in [3.63, 3.8) is 0 Å². The minimum absolute atomic E-state index is 0.0202. The van der Waals surface area contributed by atoms with Crippen molar-refractivity contribution in [1.29, 1.82) is 0 Å². The van der Waals surface area contributed by atoms with E-state index < -0.39 is 0 Å². The zero-order valence-electron chi connectivity index (χ0n) is 18.5. The molecule has 4 heterocycles. The van der Waals surface area contributed by atoms with Gasteiger partial charge in [0, 0.05) is 48.4 Å². The molecule has 9 heteroatoms. The van der Waals surface area contributed by atoms with Crippen LogP contribution in [0.1, 0.15) is 25.3 Å². The number of rotatable bonds is 5. The lowest BCUT2D eigenvalue weighted by Gasteiger charge is -2.27. The summed E-state index contributed by atoms with van der Waals surface area (Å²) >= 11 is 0. The molecule has 1 amide bonds. The molecule has 0 radical (unpaired) electrons. The van der Waals surface area contributed by atoms with E-state index in [2.05, 4.69) is 45.6 Å². The predicted octanol–water partition coefficient (Wildman–Crippen LogP) is 3.30. The average molecular weight is 444 g/mol. The Balaban J connectivity index is 1.40. The number of aromatic nitrogens is 4. The number of aromatic hydroxyl groups is 1. The van der Waals surface area contributed by atoms with Crippen molar-refractivity contribution in [3.8, 4) is 17.0 Å². The Morgan fingerprint density at radius 3 is 2.85 bits per heavy atom. The van der Waals surface area contributed by atoms with E-state index in [9.17, 15) is 9.90 Å². The van der Waals surface area contributed by atoms with Gasteiger partial charge in [0.1, 0.15) is 5.75 Å². The average Bonchev–Trinajstić information content (AvgIpc) is 3.25. The summed E-state index contributed by atoms with van der Waals surface area (Å²) in [4.78, 5) is 22.7. The van der Waals surface area contributed by atoms with Gasteiger partial charge >= 0.3 is 0 Å². The van der Waals surface area contributed by atoms with Gasteiger partial charge in [-0.15, -0.1) is 0 Å². The van der Waals surface area contributed by atoms with Crippen molar-refractivity contribution >= 4 is 28.7 Å². The van der Waals surface area contributed by atoms with Gasteiger partial charge in [0.2, 0.25) is 11.9 Å². The molecule has 4 aromatic rings. The Kier molecular flexibility index (Phi) is 5.39. The molecule has 1 saturated heterocycles. The first-order valence-electron chi connectivity index (χ1n) is 10.9. The van der Waals surface area contributed by atoms with Crippen molar-refractivity contribution in [3.05, 3.63) is 60.6 Å². The summed E-state index contributed by atoms with van der Waals surface area (Å²) in [6.45, 7) is 5.87. The molecule has 0 bridgehead atoms. The van der Waals surface area contributed by atoms with E-state index in [1.165, 1.54) is 5.56 Å². The quantitative estimate of drug-likeness (QED) is 0.406. The van der Waals surface area contributed by atoms with Crippen LogP contribution in [-0.2, 0) is 4.79 Å². The second-order valence-corrected chi connectivity index (χ2v) is 8.31. The highest BCUT2D eigenvalue weighted by Gasteiger charge is 2.20. The first-order valence-corrected chi connectivity index (χ1v) is 10.9. The number of nitrogens with zero attached hydrogens (tertiary/aromatic N) is 5. The van der Waals surface area contributed by atoms with E-state index in [1.807, 2.05) is 29.0 Å². The summed E-state index contributed by atoms with van der Waals surface area (Å²) in [6, 6.07) is 11.0. The highest BCUT2D eigenvalue weighted by Crippen LogP contribution is 2.31. The van der Waals surface area contributed by atoms with E-state index in [-0.39, 0.29) is 11.7 Å². The van der Waals surface area contributed by atoms with E-state index in [1.54, 1.807) is 29.3 Å². The Labute approximate surface area is 191 Å². The van der Waals surface area contributed by atoms with Crippen molar-refractivity contribution in [1.82, 2.24) is 24.9 Å². The fraction of sp³-hybridized carbons (Fsp3) is 0.250. The van der Waals surface area contributed by atoms with Gasteiger partial charge < -0.3 is 20.6 Å². The van der Waals surface area contributed by atoms with Gasteiger partial charge in [0.15, 0.2) is 0 Å². The van der Waals surface area contributed by atoms with Crippen molar-refractivity contribution in [2.75, 3.05) is 29.9 Å². The Morgan fingerprint density at radius 1 is 1.18 bits per heavy atom. The zero-order valence-corrected chi connectivity index (χ0v) is 18.5. The van der Waals surface area contributed by atoms with Crippen LogP contribution in [-0.4, -0.2) is 50.2 Å². The van der Waals surface area contributed by atoms with Crippen LogP contribution in [0.3, 0.4) is 0 Å². The second-order valence-electron chi connectivity index (χ2n) is 8.31. The maximum Gasteiger partial charge on any atom is 0.240 e. The molecule has 1 aliphatic rings. The summed E-state index contributed by atoms with van der Waals surface area (Å²) in [5.41, 5.74) is 5.06. The maximum atomic E-state index is 12.1. The summed E-state index contributed by atoms with van der Waals surface area (Å²) in [5, 5.41) is 21.1. The molecule has 0 saturated carbocycles. The monoisotopic (exact) mass is 443 g/mol. The number of hydrogen-bond donors (Lipinski definition) is 3. The second kappa shape index (κ2) is 8.51. The van der Waals surface area contributed by atoms with Crippen LogP contribution in [0.15, 0.2) is 55.0 Å². The zero-order chi connectivity index (χ0) is 22.9. The normalized spacial score (nSPS) is 14.3. The van der Waals surface area contributed by atoms with Crippen LogP contribution < -0.4 is 15.5 Å². The minimum Gasteiger partial charge on any atom is -0.506 e. The lowest BCUT2D eigenvalue weighted by atomic mass is 10.0. The SMILES string of the molecule is CC(C)c1cnn2ccc(-c3ccnc(Nc4ccc(N5CCNCC5=O)cc4O)n3)cc12. The lowest BCUT2D eigenvalue weighted by molar-refractivity contribution is -0.118. The number of amides is 1. The largest absolute Gasteiger partial charge is 0.506 e. The number of hydrogen-bond acceptors (Lipinski definition) is 7. The Bertz CT molecular complexity index is 1330. The number of nitrogens with one attached hydrogen (secondary N) is 2. The van der Waals surface area contributed by atoms with Crippen LogP contribution in [0, 0.1) is 0 Å². The van der Waals surface area contributed by atoms with Crippen molar-refractivity contribution < 1.29 is 9.90 Å². The molecule has 5 rings (SSSR count). The van der Waals surface area contributed by atoms with Gasteiger partial charge in [-0.3, -0.25) is 4.79 Å². The Morgan fingerprint density at radius 2 is 2.06 bits per heavy atom. The van der Waals surface area contributed by atoms with Crippen LogP contribution >= 0.6 is 0 Å². The van der Waals surface area contributed by atoms with Crippen molar-refractivity contribution in [2.45, 2.75) is 19.8 Å². The third kappa shape index (κ3) is 4.10. The number of benzene rings is 1. The van der Waals surface area contributed by atoms with Crippen LogP contribution in [0.25, 0.3) is 16.8 Å². The molecule has 3 aromatic heterocycles. The molecule has 3 N–H and O–H groups in total. The number of carbonyl (C=O) groups excluding carboxylic acids is 1. The molecule has 0 unspecified atom stereocenters. The van der Waals surface area contributed by atoms with Gasteiger partial charge in [-0.1, -0.05) is 13.8 Å². The third-order valence-corrected chi connectivity index (χ3v) is 5.75. The molecular weight excluding hydrogens is 418 g/mol. The third-order valence-electron chi connectivity index (χ3n) is 5.75. The molecule has 0 atom stereocenters. The number of anilines is 3. The molecular formula is C24H25N7O2. The van der Waals surface area contributed by atoms with Gasteiger partial charge in [-0.05, 0) is 36.2 Å². The summed E-state index contributed by atoms with van der Waals surface area (Å²) in [5.74, 6) is 0.734.